The lowest BCUT2D eigenvalue weighted by molar-refractivity contribution is -0.148. The third kappa shape index (κ3) is 3.46. The van der Waals surface area contributed by atoms with E-state index in [1.54, 1.807) is 12.1 Å². The van der Waals surface area contributed by atoms with E-state index in [9.17, 15) is 18.8 Å². The molecule has 0 radical (unpaired) electrons. The number of nitrogens with zero attached hydrogens (tertiary/aromatic N) is 2. The number of halogens is 1. The Hall–Kier alpha value is -2.35. The molecule has 0 N–H and O–H groups in total. The van der Waals surface area contributed by atoms with Crippen molar-refractivity contribution in [2.75, 3.05) is 25.1 Å². The van der Waals surface area contributed by atoms with Crippen molar-refractivity contribution in [1.82, 2.24) is 4.90 Å². The van der Waals surface area contributed by atoms with E-state index < -0.39 is 23.2 Å². The predicted octanol–water partition coefficient (Wildman–Crippen LogP) is 3.02. The molecule has 0 spiro atoms. The summed E-state index contributed by atoms with van der Waals surface area (Å²) >= 11 is 0.726. The van der Waals surface area contributed by atoms with E-state index in [-0.39, 0.29) is 10.7 Å². The molecule has 0 aliphatic carbocycles. The minimum Gasteiger partial charge on any atom is -0.467 e. The highest BCUT2D eigenvalue weighted by Gasteiger charge is 2.41. The van der Waals surface area contributed by atoms with E-state index in [0.29, 0.717) is 11.3 Å². The molecule has 1 aromatic carbocycles. The number of anilines is 1. The van der Waals surface area contributed by atoms with Crippen LogP contribution in [0.3, 0.4) is 0 Å². The monoisotopic (exact) mass is 378 g/mol. The Kier molecular flexibility index (Phi) is 5.31. The van der Waals surface area contributed by atoms with Crippen LogP contribution in [-0.4, -0.2) is 48.3 Å². The zero-order valence-corrected chi connectivity index (χ0v) is 15.3. The first-order chi connectivity index (χ1) is 12.4. The quantitative estimate of drug-likeness (QED) is 0.593. The summed E-state index contributed by atoms with van der Waals surface area (Å²) in [4.78, 5) is 39.1. The van der Waals surface area contributed by atoms with Crippen LogP contribution in [0.4, 0.5) is 14.9 Å². The molecule has 2 fully saturated rings. The summed E-state index contributed by atoms with van der Waals surface area (Å²) in [5.74, 6) is -1.61. The van der Waals surface area contributed by atoms with Crippen molar-refractivity contribution in [2.45, 2.75) is 25.8 Å². The molecule has 2 saturated heterocycles. The number of ether oxygens (including phenoxy) is 1. The van der Waals surface area contributed by atoms with Crippen molar-refractivity contribution in [2.24, 2.45) is 0 Å². The van der Waals surface area contributed by atoms with Crippen LogP contribution < -0.4 is 4.90 Å². The van der Waals surface area contributed by atoms with Gasteiger partial charge in [-0.15, -0.1) is 0 Å². The molecule has 3 rings (SSSR count). The second kappa shape index (κ2) is 7.49. The Morgan fingerprint density at radius 1 is 1.31 bits per heavy atom. The van der Waals surface area contributed by atoms with Gasteiger partial charge in [-0.1, -0.05) is 6.07 Å². The van der Waals surface area contributed by atoms with Gasteiger partial charge in [0.05, 0.1) is 17.7 Å². The zero-order valence-electron chi connectivity index (χ0n) is 14.5. The number of methoxy groups -OCH3 is 1. The van der Waals surface area contributed by atoms with Crippen molar-refractivity contribution >= 4 is 40.6 Å². The molecule has 2 aliphatic rings. The molecule has 2 aliphatic heterocycles. The van der Waals surface area contributed by atoms with Gasteiger partial charge in [0.1, 0.15) is 11.9 Å². The third-order valence-corrected chi connectivity index (χ3v) is 5.35. The Labute approximate surface area is 155 Å². The number of carbonyl (C=O) groups excluding carboxylic acids is 3. The van der Waals surface area contributed by atoms with Crippen LogP contribution in [0.1, 0.15) is 25.3 Å². The number of amides is 2. The lowest BCUT2D eigenvalue weighted by Crippen LogP contribution is -2.42. The first-order valence-corrected chi connectivity index (χ1v) is 9.13. The molecular weight excluding hydrogens is 359 g/mol. The molecule has 0 aromatic heterocycles. The largest absolute Gasteiger partial charge is 0.467 e. The molecule has 1 atom stereocenters. The Balaban J connectivity index is 1.82. The average Bonchev–Trinajstić information content (AvgIpc) is 3.23. The standard InChI is InChI=1S/C18H19FN2O4S/c1-11(17(23)25-2)21-16(22)15(26-18(21)24)10-12-5-6-14(13(19)9-12)20-7-3-4-8-20/h5-6,9-11H,3-4,7-8H2,1-2H3. The molecule has 2 heterocycles. The topological polar surface area (TPSA) is 66.9 Å². The van der Waals surface area contributed by atoms with Gasteiger partial charge in [0.15, 0.2) is 0 Å². The van der Waals surface area contributed by atoms with Gasteiger partial charge >= 0.3 is 5.97 Å². The van der Waals surface area contributed by atoms with Crippen LogP contribution in [0.5, 0.6) is 0 Å². The number of carbonyl (C=O) groups is 3. The fraction of sp³-hybridized carbons (Fsp3) is 0.389. The smallest absolute Gasteiger partial charge is 0.328 e. The molecule has 0 saturated carbocycles. The first-order valence-electron chi connectivity index (χ1n) is 8.31. The molecule has 26 heavy (non-hydrogen) atoms. The molecule has 2 amide bonds. The number of imide groups is 1. The van der Waals surface area contributed by atoms with Crippen LogP contribution in [0.15, 0.2) is 23.1 Å². The summed E-state index contributed by atoms with van der Waals surface area (Å²) < 4.78 is 19.0. The molecule has 0 bridgehead atoms. The van der Waals surface area contributed by atoms with Gasteiger partial charge in [0.2, 0.25) is 0 Å². The number of hydrogen-bond acceptors (Lipinski definition) is 6. The van der Waals surface area contributed by atoms with E-state index in [1.165, 1.54) is 26.2 Å². The average molecular weight is 378 g/mol. The minimum atomic E-state index is -1.01. The lowest BCUT2D eigenvalue weighted by Gasteiger charge is -2.19. The lowest BCUT2D eigenvalue weighted by atomic mass is 10.1. The van der Waals surface area contributed by atoms with Crippen molar-refractivity contribution in [3.8, 4) is 0 Å². The van der Waals surface area contributed by atoms with Gasteiger partial charge in [0, 0.05) is 13.1 Å². The van der Waals surface area contributed by atoms with Gasteiger partial charge in [-0.2, -0.15) is 0 Å². The van der Waals surface area contributed by atoms with Crippen LogP contribution >= 0.6 is 11.8 Å². The maximum atomic E-state index is 14.4. The second-order valence-electron chi connectivity index (χ2n) is 6.16. The summed E-state index contributed by atoms with van der Waals surface area (Å²) in [5, 5.41) is -0.548. The molecule has 1 aromatic rings. The van der Waals surface area contributed by atoms with Gasteiger partial charge in [-0.05, 0) is 55.3 Å². The molecular formula is C18H19FN2O4S. The number of benzene rings is 1. The van der Waals surface area contributed by atoms with E-state index in [0.717, 1.165) is 42.6 Å². The predicted molar refractivity (Wildman–Crippen MR) is 97.1 cm³/mol. The Morgan fingerprint density at radius 3 is 2.62 bits per heavy atom. The van der Waals surface area contributed by atoms with Crippen molar-refractivity contribution in [3.05, 3.63) is 34.5 Å². The van der Waals surface area contributed by atoms with Crippen molar-refractivity contribution in [1.29, 1.82) is 0 Å². The Morgan fingerprint density at radius 2 is 2.00 bits per heavy atom. The van der Waals surface area contributed by atoms with Crippen LogP contribution in [0.25, 0.3) is 6.08 Å². The molecule has 138 valence electrons. The first kappa shape index (κ1) is 18.4. The normalized spacial score (nSPS) is 20.2. The third-order valence-electron chi connectivity index (χ3n) is 4.47. The fourth-order valence-corrected chi connectivity index (χ4v) is 3.98. The number of thioether (sulfide) groups is 1. The molecule has 6 nitrogen and oxygen atoms in total. The van der Waals surface area contributed by atoms with Gasteiger partial charge in [-0.3, -0.25) is 14.5 Å². The van der Waals surface area contributed by atoms with Gasteiger partial charge in [0.25, 0.3) is 11.1 Å². The minimum absolute atomic E-state index is 0.152. The molecule has 8 heteroatoms. The number of esters is 1. The number of rotatable bonds is 4. The van der Waals surface area contributed by atoms with E-state index in [2.05, 4.69) is 4.74 Å². The van der Waals surface area contributed by atoms with Gasteiger partial charge < -0.3 is 9.64 Å². The summed E-state index contributed by atoms with van der Waals surface area (Å²) in [6.07, 6.45) is 3.56. The highest BCUT2D eigenvalue weighted by molar-refractivity contribution is 8.18. The van der Waals surface area contributed by atoms with Crippen molar-refractivity contribution in [3.63, 3.8) is 0 Å². The zero-order chi connectivity index (χ0) is 18.8. The van der Waals surface area contributed by atoms with Crippen molar-refractivity contribution < 1.29 is 23.5 Å². The van der Waals surface area contributed by atoms with Gasteiger partial charge in [-0.25, -0.2) is 9.18 Å². The summed E-state index contributed by atoms with van der Waals surface area (Å²) in [6, 6.07) is 3.75. The van der Waals surface area contributed by atoms with E-state index >= 15 is 0 Å². The SMILES string of the molecule is COC(=O)C(C)N1C(=O)SC(=Cc2ccc(N3CCCC3)c(F)c2)C1=O. The van der Waals surface area contributed by atoms with Crippen LogP contribution in [0, 0.1) is 5.82 Å². The highest BCUT2D eigenvalue weighted by Crippen LogP contribution is 2.34. The molecule has 1 unspecified atom stereocenters. The maximum absolute atomic E-state index is 14.4. The Bertz CT molecular complexity index is 789. The highest BCUT2D eigenvalue weighted by atomic mass is 32.2. The van der Waals surface area contributed by atoms with Crippen LogP contribution in [-0.2, 0) is 14.3 Å². The second-order valence-corrected chi connectivity index (χ2v) is 7.15. The fourth-order valence-electron chi connectivity index (χ4n) is 3.07. The van der Waals surface area contributed by atoms with E-state index in [1.807, 2.05) is 4.90 Å². The summed E-state index contributed by atoms with van der Waals surface area (Å²) in [5.41, 5.74) is 1.04. The van der Waals surface area contributed by atoms with E-state index in [4.69, 9.17) is 0 Å². The maximum Gasteiger partial charge on any atom is 0.328 e. The number of hydrogen-bond donors (Lipinski definition) is 0. The van der Waals surface area contributed by atoms with Crippen LogP contribution in [0.2, 0.25) is 0 Å². The summed E-state index contributed by atoms with van der Waals surface area (Å²) in [6.45, 7) is 3.09. The summed E-state index contributed by atoms with van der Waals surface area (Å²) in [7, 11) is 1.19.